The van der Waals surface area contributed by atoms with Gasteiger partial charge in [0.15, 0.2) is 0 Å². The molecule has 1 aromatic carbocycles. The second-order valence-corrected chi connectivity index (χ2v) is 10.3. The summed E-state index contributed by atoms with van der Waals surface area (Å²) in [6.45, 7) is 6.10. The molecule has 0 bridgehead atoms. The molecule has 4 rings (SSSR count). The number of carboxylic acids is 1. The van der Waals surface area contributed by atoms with Crippen LogP contribution in [0, 0.1) is 5.92 Å². The Morgan fingerprint density at radius 2 is 1.97 bits per heavy atom. The molecule has 38 heavy (non-hydrogen) atoms. The van der Waals surface area contributed by atoms with Gasteiger partial charge in [0.2, 0.25) is 0 Å². The van der Waals surface area contributed by atoms with E-state index in [0.717, 1.165) is 43.5 Å². The third-order valence-corrected chi connectivity index (χ3v) is 7.28. The number of β-amino-alcohol motifs (C(OH)–C–C–N with tert-alkyl or cyclic N) is 1. The van der Waals surface area contributed by atoms with E-state index in [2.05, 4.69) is 15.3 Å². The maximum absolute atomic E-state index is 13.1. The zero-order chi connectivity index (χ0) is 27.1. The Labute approximate surface area is 221 Å². The van der Waals surface area contributed by atoms with Crippen molar-refractivity contribution in [2.45, 2.75) is 44.2 Å². The minimum Gasteiger partial charge on any atom is -0.478 e. The van der Waals surface area contributed by atoms with E-state index in [9.17, 15) is 19.5 Å². The minimum absolute atomic E-state index is 0.00217. The summed E-state index contributed by atoms with van der Waals surface area (Å²) < 4.78 is 12.1. The molecule has 2 aliphatic rings. The number of fused-ring (bicyclic) bond motifs is 1. The fraction of sp³-hybridized carbons (Fsp3) is 0.556. The summed E-state index contributed by atoms with van der Waals surface area (Å²) in [4.78, 5) is 37.5. The minimum atomic E-state index is -1.23. The molecule has 0 aliphatic carbocycles. The molecular weight excluding hydrogens is 492 g/mol. The highest BCUT2D eigenvalue weighted by Gasteiger charge is 2.33. The van der Waals surface area contributed by atoms with Crippen LogP contribution in [0.3, 0.4) is 0 Å². The van der Waals surface area contributed by atoms with Gasteiger partial charge in [0.25, 0.3) is 5.91 Å². The van der Waals surface area contributed by atoms with E-state index in [-0.39, 0.29) is 18.6 Å². The molecule has 11 heteroatoms. The highest BCUT2D eigenvalue weighted by molar-refractivity contribution is 6.05. The first-order chi connectivity index (χ1) is 18.2. The number of aliphatic hydroxyl groups is 1. The van der Waals surface area contributed by atoms with Gasteiger partial charge in [-0.2, -0.15) is 5.10 Å². The Kier molecular flexibility index (Phi) is 9.13. The number of esters is 1. The number of benzene rings is 1. The van der Waals surface area contributed by atoms with Gasteiger partial charge in [-0.1, -0.05) is 12.1 Å². The van der Waals surface area contributed by atoms with Crippen LogP contribution in [-0.4, -0.2) is 94.3 Å². The van der Waals surface area contributed by atoms with Gasteiger partial charge in [0, 0.05) is 62.9 Å². The number of nitrogens with zero attached hydrogens (tertiary/aromatic N) is 3. The van der Waals surface area contributed by atoms with E-state index in [0.29, 0.717) is 56.1 Å². The lowest BCUT2D eigenvalue weighted by molar-refractivity contribution is -0.139. The van der Waals surface area contributed by atoms with Crippen LogP contribution in [0.1, 0.15) is 49.0 Å². The van der Waals surface area contributed by atoms with Gasteiger partial charge in [-0.15, -0.1) is 0 Å². The van der Waals surface area contributed by atoms with Crippen LogP contribution in [0.2, 0.25) is 0 Å². The quantitative estimate of drug-likeness (QED) is 0.310. The van der Waals surface area contributed by atoms with E-state index in [4.69, 9.17) is 14.6 Å². The zero-order valence-electron chi connectivity index (χ0n) is 21.7. The molecule has 2 aliphatic heterocycles. The molecular formula is C27H36N4O7. The molecule has 0 spiro atoms. The highest BCUT2D eigenvalue weighted by Crippen LogP contribution is 2.25. The number of amides is 1. The lowest BCUT2D eigenvalue weighted by atomic mass is 9.91. The van der Waals surface area contributed by atoms with Crippen LogP contribution in [-0.2, 0) is 19.1 Å². The number of carbonyl (C=O) groups is 3. The second kappa shape index (κ2) is 12.5. The number of nitrogens with one attached hydrogen (secondary N) is 1. The standard InChI is InChI=1S/C27H36N4O7/c1-19(17-38-24(34)6-5-23(32)33)31-16-21-3-2-4-22(25(21)29-31)26(35)28-15-20-7-11-30(12-8-20)18-27(36)9-13-37-14-10-27/h2-6,16,19-20,36H,7-15,17-18H2,1H3,(H,28,35)(H,32,33)/b6-5+. The number of carbonyl (C=O) groups excluding carboxylic acids is 2. The molecule has 3 N–H and O–H groups in total. The molecule has 11 nitrogen and oxygen atoms in total. The molecule has 0 saturated carbocycles. The van der Waals surface area contributed by atoms with E-state index in [1.165, 1.54) is 0 Å². The predicted molar refractivity (Wildman–Crippen MR) is 139 cm³/mol. The van der Waals surface area contributed by atoms with Crippen LogP contribution < -0.4 is 5.32 Å². The van der Waals surface area contributed by atoms with E-state index >= 15 is 0 Å². The average Bonchev–Trinajstić information content (AvgIpc) is 3.35. The van der Waals surface area contributed by atoms with Gasteiger partial charge in [-0.3, -0.25) is 9.48 Å². The Bertz CT molecular complexity index is 1160. The highest BCUT2D eigenvalue weighted by atomic mass is 16.5. The van der Waals surface area contributed by atoms with E-state index in [1.54, 1.807) is 16.9 Å². The first-order valence-corrected chi connectivity index (χ1v) is 13.1. The van der Waals surface area contributed by atoms with Crippen LogP contribution in [0.4, 0.5) is 0 Å². The van der Waals surface area contributed by atoms with Gasteiger partial charge in [0.1, 0.15) is 12.1 Å². The SMILES string of the molecule is CC(COC(=O)/C=C/C(=O)O)n1cc2cccc(C(=O)NCC3CCN(CC4(O)CCOCC4)CC3)c2n1. The van der Waals surface area contributed by atoms with Crippen molar-refractivity contribution >= 4 is 28.7 Å². The largest absolute Gasteiger partial charge is 0.478 e. The fourth-order valence-electron chi connectivity index (χ4n) is 4.95. The molecule has 206 valence electrons. The monoisotopic (exact) mass is 528 g/mol. The summed E-state index contributed by atoms with van der Waals surface area (Å²) in [5.74, 6) is -1.78. The number of aliphatic carboxylic acids is 1. The maximum atomic E-state index is 13.1. The third-order valence-electron chi connectivity index (χ3n) is 7.28. The molecule has 2 fully saturated rings. The van der Waals surface area contributed by atoms with Gasteiger partial charge in [0.05, 0.1) is 17.2 Å². The number of ether oxygens (including phenoxy) is 2. The van der Waals surface area contributed by atoms with Crippen molar-refractivity contribution in [1.29, 1.82) is 0 Å². The van der Waals surface area contributed by atoms with Gasteiger partial charge < -0.3 is 29.9 Å². The van der Waals surface area contributed by atoms with Crippen molar-refractivity contribution in [1.82, 2.24) is 20.0 Å². The van der Waals surface area contributed by atoms with Gasteiger partial charge in [-0.05, 0) is 44.8 Å². The van der Waals surface area contributed by atoms with Crippen molar-refractivity contribution in [3.05, 3.63) is 42.1 Å². The molecule has 2 saturated heterocycles. The van der Waals surface area contributed by atoms with Crippen molar-refractivity contribution in [2.24, 2.45) is 5.92 Å². The Hall–Kier alpha value is -3.28. The number of hydrogen-bond acceptors (Lipinski definition) is 8. The summed E-state index contributed by atoms with van der Waals surface area (Å²) >= 11 is 0. The Balaban J connectivity index is 1.28. The average molecular weight is 529 g/mol. The molecule has 1 aromatic heterocycles. The summed E-state index contributed by atoms with van der Waals surface area (Å²) in [5, 5.41) is 27.8. The van der Waals surface area contributed by atoms with Crippen molar-refractivity contribution in [2.75, 3.05) is 46.0 Å². The zero-order valence-corrected chi connectivity index (χ0v) is 21.7. The molecule has 1 amide bonds. The molecule has 0 radical (unpaired) electrons. The Morgan fingerprint density at radius 1 is 1.24 bits per heavy atom. The Morgan fingerprint density at radius 3 is 2.68 bits per heavy atom. The number of carboxylic acid groups (broad SMARTS) is 1. The van der Waals surface area contributed by atoms with Crippen LogP contribution >= 0.6 is 0 Å². The van der Waals surface area contributed by atoms with Crippen molar-refractivity contribution in [3.8, 4) is 0 Å². The van der Waals surface area contributed by atoms with Crippen LogP contribution in [0.5, 0.6) is 0 Å². The molecule has 1 unspecified atom stereocenters. The summed E-state index contributed by atoms with van der Waals surface area (Å²) in [7, 11) is 0. The summed E-state index contributed by atoms with van der Waals surface area (Å²) in [6, 6.07) is 5.11. The number of hydrogen-bond donors (Lipinski definition) is 3. The second-order valence-electron chi connectivity index (χ2n) is 10.3. The van der Waals surface area contributed by atoms with E-state index in [1.807, 2.05) is 19.1 Å². The molecule has 1 atom stereocenters. The van der Waals surface area contributed by atoms with Crippen LogP contribution in [0.15, 0.2) is 36.5 Å². The lowest BCUT2D eigenvalue weighted by Gasteiger charge is -2.39. The first kappa shape index (κ1) is 27.7. The first-order valence-electron chi connectivity index (χ1n) is 13.1. The van der Waals surface area contributed by atoms with Crippen LogP contribution in [0.25, 0.3) is 10.9 Å². The van der Waals surface area contributed by atoms with Gasteiger partial charge in [-0.25, -0.2) is 9.59 Å². The summed E-state index contributed by atoms with van der Waals surface area (Å²) in [5.41, 5.74) is 0.389. The third kappa shape index (κ3) is 7.40. The number of piperidine rings is 1. The maximum Gasteiger partial charge on any atom is 0.331 e. The number of likely N-dealkylation sites (tertiary alicyclic amines) is 1. The van der Waals surface area contributed by atoms with E-state index < -0.39 is 17.5 Å². The smallest absolute Gasteiger partial charge is 0.331 e. The normalized spacial score (nSPS) is 19.4. The van der Waals surface area contributed by atoms with Crippen molar-refractivity contribution < 1.29 is 34.1 Å². The lowest BCUT2D eigenvalue weighted by Crippen LogP contribution is -2.49. The van der Waals surface area contributed by atoms with Gasteiger partial charge >= 0.3 is 11.9 Å². The fourth-order valence-corrected chi connectivity index (χ4v) is 4.95. The topological polar surface area (TPSA) is 143 Å². The molecule has 2 aromatic rings. The summed E-state index contributed by atoms with van der Waals surface area (Å²) in [6.07, 6.45) is 6.65. The van der Waals surface area contributed by atoms with Crippen molar-refractivity contribution in [3.63, 3.8) is 0 Å². The number of aromatic nitrogens is 2. The molecule has 3 heterocycles. The predicted octanol–water partition coefficient (Wildman–Crippen LogP) is 1.76. The number of rotatable bonds is 10.